The topological polar surface area (TPSA) is 9.23 Å². The Kier molecular flexibility index (Phi) is 1.90. The summed E-state index contributed by atoms with van der Waals surface area (Å²) in [6, 6.07) is 0. The fraction of sp³-hybridized carbons (Fsp3) is 0.857. The fourth-order valence-corrected chi connectivity index (χ4v) is 1.31. The van der Waals surface area contributed by atoms with E-state index < -0.39 is 0 Å². The minimum Gasteiger partial charge on any atom is -0.381 e. The molecule has 0 bridgehead atoms. The first-order valence-electron chi connectivity index (χ1n) is 3.20. The van der Waals surface area contributed by atoms with Crippen molar-refractivity contribution in [1.82, 2.24) is 0 Å². The van der Waals surface area contributed by atoms with Gasteiger partial charge in [-0.1, -0.05) is 6.42 Å². The van der Waals surface area contributed by atoms with E-state index in [1.54, 1.807) is 7.11 Å². The van der Waals surface area contributed by atoms with E-state index in [0.717, 1.165) is 0 Å². The molecule has 0 heterocycles. The van der Waals surface area contributed by atoms with Crippen LogP contribution in [0.25, 0.3) is 0 Å². The molecule has 0 spiro atoms. The van der Waals surface area contributed by atoms with E-state index in [4.69, 9.17) is 4.74 Å². The van der Waals surface area contributed by atoms with Crippen molar-refractivity contribution >= 4 is 0 Å². The molecule has 47 valence electrons. The lowest BCUT2D eigenvalue weighted by Gasteiger charge is -2.11. The van der Waals surface area contributed by atoms with Crippen LogP contribution in [0.3, 0.4) is 0 Å². The fourth-order valence-electron chi connectivity index (χ4n) is 1.31. The Balaban J connectivity index is 2.30. The second-order valence-corrected chi connectivity index (χ2v) is 2.47. The average molecular weight is 113 g/mol. The van der Waals surface area contributed by atoms with Gasteiger partial charge in [0.05, 0.1) is 6.10 Å². The molecule has 1 radical (unpaired) electrons. The molecule has 1 aliphatic carbocycles. The molecule has 0 unspecified atom stereocenters. The van der Waals surface area contributed by atoms with Gasteiger partial charge in [0.15, 0.2) is 0 Å². The van der Waals surface area contributed by atoms with Gasteiger partial charge >= 0.3 is 0 Å². The molecule has 0 aromatic heterocycles. The molecule has 1 nitrogen and oxygen atoms in total. The zero-order chi connectivity index (χ0) is 5.98. The minimum atomic E-state index is 0.454. The van der Waals surface area contributed by atoms with Crippen molar-refractivity contribution in [2.45, 2.75) is 25.4 Å². The molecule has 1 saturated carbocycles. The first-order valence-corrected chi connectivity index (χ1v) is 3.20. The Hall–Kier alpha value is -0.0400. The van der Waals surface area contributed by atoms with Gasteiger partial charge in [0.1, 0.15) is 0 Å². The van der Waals surface area contributed by atoms with Gasteiger partial charge in [-0.25, -0.2) is 0 Å². The third-order valence-corrected chi connectivity index (χ3v) is 1.89. The summed E-state index contributed by atoms with van der Waals surface area (Å²) in [5.74, 6) is 0.556. The van der Waals surface area contributed by atoms with Gasteiger partial charge in [-0.15, -0.1) is 0 Å². The molecule has 2 atom stereocenters. The van der Waals surface area contributed by atoms with Crippen LogP contribution < -0.4 is 0 Å². The second kappa shape index (κ2) is 2.49. The molecular formula is C7H13O. The summed E-state index contributed by atoms with van der Waals surface area (Å²) in [6.07, 6.45) is 4.21. The SMILES string of the molecule is [CH2][C@H]1CCC[C@@H]1OC. The largest absolute Gasteiger partial charge is 0.381 e. The molecule has 0 aromatic rings. The number of methoxy groups -OCH3 is 1. The Morgan fingerprint density at radius 3 is 2.50 bits per heavy atom. The maximum Gasteiger partial charge on any atom is 0.0599 e. The molecule has 0 saturated heterocycles. The molecule has 0 aromatic carbocycles. The zero-order valence-electron chi connectivity index (χ0n) is 5.39. The van der Waals surface area contributed by atoms with Crippen molar-refractivity contribution in [1.29, 1.82) is 0 Å². The van der Waals surface area contributed by atoms with E-state index in [0.29, 0.717) is 12.0 Å². The van der Waals surface area contributed by atoms with Crippen LogP contribution in [-0.2, 0) is 4.74 Å². The van der Waals surface area contributed by atoms with Crippen molar-refractivity contribution in [2.24, 2.45) is 5.92 Å². The highest BCUT2D eigenvalue weighted by Crippen LogP contribution is 2.26. The summed E-state index contributed by atoms with van der Waals surface area (Å²) in [5.41, 5.74) is 0. The number of rotatable bonds is 1. The monoisotopic (exact) mass is 113 g/mol. The predicted octanol–water partition coefficient (Wildman–Crippen LogP) is 1.64. The molecule has 0 aliphatic heterocycles. The van der Waals surface area contributed by atoms with Crippen LogP contribution in [0.4, 0.5) is 0 Å². The number of hydrogen-bond donors (Lipinski definition) is 0. The summed E-state index contributed by atoms with van der Waals surface area (Å²) in [7, 11) is 1.77. The highest BCUT2D eigenvalue weighted by Gasteiger charge is 2.22. The number of ether oxygens (including phenoxy) is 1. The standard InChI is InChI=1S/C7H13O/c1-6-4-3-5-7(6)8-2/h6-7H,1,3-5H2,2H3/t6-,7-/m0/s1. The average Bonchev–Trinajstić information content (AvgIpc) is 2.14. The Bertz CT molecular complexity index is 70.8. The molecular weight excluding hydrogens is 100 g/mol. The lowest BCUT2D eigenvalue weighted by Crippen LogP contribution is -2.12. The summed E-state index contributed by atoms with van der Waals surface area (Å²) < 4.78 is 5.16. The van der Waals surface area contributed by atoms with Crippen molar-refractivity contribution < 1.29 is 4.74 Å². The maximum atomic E-state index is 5.16. The molecule has 8 heavy (non-hydrogen) atoms. The van der Waals surface area contributed by atoms with Gasteiger partial charge in [-0.05, 0) is 25.7 Å². The first kappa shape index (κ1) is 6.09. The van der Waals surface area contributed by atoms with Gasteiger partial charge in [-0.2, -0.15) is 0 Å². The maximum absolute atomic E-state index is 5.16. The highest BCUT2D eigenvalue weighted by atomic mass is 16.5. The van der Waals surface area contributed by atoms with Gasteiger partial charge < -0.3 is 4.74 Å². The normalized spacial score (nSPS) is 38.2. The smallest absolute Gasteiger partial charge is 0.0599 e. The Labute approximate surface area is 51.0 Å². The van der Waals surface area contributed by atoms with Crippen LogP contribution in [0.5, 0.6) is 0 Å². The summed E-state index contributed by atoms with van der Waals surface area (Å²) in [4.78, 5) is 0. The molecule has 0 N–H and O–H groups in total. The Morgan fingerprint density at radius 1 is 1.50 bits per heavy atom. The van der Waals surface area contributed by atoms with E-state index in [9.17, 15) is 0 Å². The predicted molar refractivity (Wildman–Crippen MR) is 33.5 cm³/mol. The third-order valence-electron chi connectivity index (χ3n) is 1.89. The van der Waals surface area contributed by atoms with E-state index in [1.165, 1.54) is 19.3 Å². The number of hydrogen-bond acceptors (Lipinski definition) is 1. The second-order valence-electron chi connectivity index (χ2n) is 2.47. The quantitative estimate of drug-likeness (QED) is 0.502. The minimum absolute atomic E-state index is 0.454. The van der Waals surface area contributed by atoms with Crippen molar-refractivity contribution in [3.63, 3.8) is 0 Å². The van der Waals surface area contributed by atoms with Crippen LogP contribution in [0.15, 0.2) is 0 Å². The van der Waals surface area contributed by atoms with E-state index in [1.807, 2.05) is 0 Å². The zero-order valence-corrected chi connectivity index (χ0v) is 5.39. The Morgan fingerprint density at radius 2 is 2.25 bits per heavy atom. The highest BCUT2D eigenvalue weighted by molar-refractivity contribution is 4.78. The summed E-state index contributed by atoms with van der Waals surface area (Å²) in [6.45, 7) is 3.96. The van der Waals surface area contributed by atoms with Crippen molar-refractivity contribution in [3.05, 3.63) is 6.92 Å². The van der Waals surface area contributed by atoms with Crippen molar-refractivity contribution in [3.8, 4) is 0 Å². The first-order chi connectivity index (χ1) is 3.84. The third kappa shape index (κ3) is 1.03. The van der Waals surface area contributed by atoms with Gasteiger partial charge in [-0.3, -0.25) is 0 Å². The molecule has 1 fully saturated rings. The van der Waals surface area contributed by atoms with E-state index >= 15 is 0 Å². The van der Waals surface area contributed by atoms with E-state index in [2.05, 4.69) is 6.92 Å². The van der Waals surface area contributed by atoms with Gasteiger partial charge in [0, 0.05) is 7.11 Å². The van der Waals surface area contributed by atoms with Crippen LogP contribution in [0.2, 0.25) is 0 Å². The van der Waals surface area contributed by atoms with Crippen LogP contribution in [0.1, 0.15) is 19.3 Å². The van der Waals surface area contributed by atoms with Crippen LogP contribution in [-0.4, -0.2) is 13.2 Å². The summed E-state index contributed by atoms with van der Waals surface area (Å²) >= 11 is 0. The molecule has 1 heteroatoms. The van der Waals surface area contributed by atoms with Crippen molar-refractivity contribution in [2.75, 3.05) is 7.11 Å². The molecule has 0 amide bonds. The van der Waals surface area contributed by atoms with Crippen LogP contribution >= 0.6 is 0 Å². The molecule has 1 aliphatic rings. The summed E-state index contributed by atoms with van der Waals surface area (Å²) in [5, 5.41) is 0. The van der Waals surface area contributed by atoms with E-state index in [-0.39, 0.29) is 0 Å². The lowest BCUT2D eigenvalue weighted by atomic mass is 10.1. The van der Waals surface area contributed by atoms with Gasteiger partial charge in [0.2, 0.25) is 0 Å². The molecule has 1 rings (SSSR count). The van der Waals surface area contributed by atoms with Gasteiger partial charge in [0.25, 0.3) is 0 Å². The van der Waals surface area contributed by atoms with Crippen LogP contribution in [0, 0.1) is 12.8 Å². The lowest BCUT2D eigenvalue weighted by molar-refractivity contribution is 0.0853.